The van der Waals surface area contributed by atoms with Gasteiger partial charge in [-0.2, -0.15) is 0 Å². The summed E-state index contributed by atoms with van der Waals surface area (Å²) in [5, 5.41) is 0. The zero-order valence-electron chi connectivity index (χ0n) is 11.2. The van der Waals surface area contributed by atoms with Gasteiger partial charge >= 0.3 is 0 Å². The van der Waals surface area contributed by atoms with Crippen molar-refractivity contribution in [2.75, 3.05) is 0 Å². The van der Waals surface area contributed by atoms with Crippen LogP contribution in [0.1, 0.15) is 11.1 Å². The first kappa shape index (κ1) is 14.5. The zero-order valence-corrected chi connectivity index (χ0v) is 12.8. The monoisotopic (exact) mass is 324 g/mol. The van der Waals surface area contributed by atoms with Crippen molar-refractivity contribution in [1.29, 1.82) is 0 Å². The number of halogens is 1. The summed E-state index contributed by atoms with van der Waals surface area (Å²) in [6.45, 7) is 0. The van der Waals surface area contributed by atoms with Gasteiger partial charge < -0.3 is 0 Å². The lowest BCUT2D eigenvalue weighted by atomic mass is 10.1. The van der Waals surface area contributed by atoms with E-state index in [-0.39, 0.29) is 0 Å². The normalized spacial score (nSPS) is 9.45. The molecule has 0 aliphatic carbocycles. The molecule has 0 aliphatic heterocycles. The molecule has 0 nitrogen and oxygen atoms in total. The van der Waals surface area contributed by atoms with Crippen molar-refractivity contribution in [3.63, 3.8) is 0 Å². The molecule has 0 aliphatic rings. The molecule has 0 radical (unpaired) electrons. The molecular formula is C19H17Br. The van der Waals surface area contributed by atoms with Gasteiger partial charge in [0.05, 0.1) is 0 Å². The summed E-state index contributed by atoms with van der Waals surface area (Å²) in [7, 11) is 0. The summed E-state index contributed by atoms with van der Waals surface area (Å²) in [5.74, 6) is 0. The third kappa shape index (κ3) is 5.02. The van der Waals surface area contributed by atoms with Crippen LogP contribution in [-0.2, 0) is 6.42 Å². The molecule has 0 aromatic heterocycles. The molecule has 3 aromatic rings. The highest BCUT2D eigenvalue weighted by molar-refractivity contribution is 9.10. The molecule has 20 heavy (non-hydrogen) atoms. The van der Waals surface area contributed by atoms with Crippen molar-refractivity contribution >= 4 is 15.9 Å². The van der Waals surface area contributed by atoms with E-state index in [9.17, 15) is 0 Å². The maximum atomic E-state index is 3.55. The largest absolute Gasteiger partial charge is 0.0623 e. The van der Waals surface area contributed by atoms with Gasteiger partial charge in [-0.1, -0.05) is 101 Å². The number of benzene rings is 3. The quantitative estimate of drug-likeness (QED) is 0.565. The summed E-state index contributed by atoms with van der Waals surface area (Å²) in [4.78, 5) is 0. The van der Waals surface area contributed by atoms with Crippen LogP contribution in [0.3, 0.4) is 0 Å². The lowest BCUT2D eigenvalue weighted by molar-refractivity contribution is 1.18. The molecule has 0 N–H and O–H groups in total. The minimum Gasteiger partial charge on any atom is -0.0623 e. The molecule has 0 bridgehead atoms. The van der Waals surface area contributed by atoms with Gasteiger partial charge in [-0.25, -0.2) is 0 Å². The molecule has 3 rings (SSSR count). The van der Waals surface area contributed by atoms with Gasteiger partial charge in [0.1, 0.15) is 0 Å². The fourth-order valence-corrected chi connectivity index (χ4v) is 2.27. The van der Waals surface area contributed by atoms with Crippen LogP contribution in [0.5, 0.6) is 0 Å². The fraction of sp³-hybridized carbons (Fsp3) is 0.0526. The first-order valence-corrected chi connectivity index (χ1v) is 7.43. The third-order valence-electron chi connectivity index (χ3n) is 2.86. The van der Waals surface area contributed by atoms with Gasteiger partial charge in [0, 0.05) is 4.47 Å². The molecule has 3 aromatic carbocycles. The van der Waals surface area contributed by atoms with Crippen LogP contribution in [0.4, 0.5) is 0 Å². The average Bonchev–Trinajstić information content (AvgIpc) is 2.53. The maximum absolute atomic E-state index is 3.55. The van der Waals surface area contributed by atoms with Crippen molar-refractivity contribution in [2.24, 2.45) is 0 Å². The van der Waals surface area contributed by atoms with Crippen LogP contribution >= 0.6 is 15.9 Å². The highest BCUT2D eigenvalue weighted by Crippen LogP contribution is 2.19. The van der Waals surface area contributed by atoms with Gasteiger partial charge in [-0.3, -0.25) is 0 Å². The Morgan fingerprint density at radius 1 is 0.550 bits per heavy atom. The first-order chi connectivity index (χ1) is 9.86. The molecular weight excluding hydrogens is 308 g/mol. The average molecular weight is 325 g/mol. The van der Waals surface area contributed by atoms with Crippen LogP contribution in [0.25, 0.3) is 0 Å². The van der Waals surface area contributed by atoms with Crippen LogP contribution in [-0.4, -0.2) is 0 Å². The van der Waals surface area contributed by atoms with Crippen molar-refractivity contribution in [1.82, 2.24) is 0 Å². The third-order valence-corrected chi connectivity index (χ3v) is 3.64. The second-order valence-electron chi connectivity index (χ2n) is 4.41. The highest BCUT2D eigenvalue weighted by Gasteiger charge is 1.98. The van der Waals surface area contributed by atoms with E-state index in [1.54, 1.807) is 0 Å². The van der Waals surface area contributed by atoms with Crippen molar-refractivity contribution in [3.05, 3.63) is 107 Å². The van der Waals surface area contributed by atoms with Gasteiger partial charge in [0.25, 0.3) is 0 Å². The highest BCUT2D eigenvalue weighted by atomic mass is 79.9. The predicted octanol–water partition coefficient (Wildman–Crippen LogP) is 5.73. The second kappa shape index (κ2) is 8.34. The molecule has 0 amide bonds. The van der Waals surface area contributed by atoms with E-state index in [1.807, 2.05) is 48.5 Å². The van der Waals surface area contributed by atoms with Crippen molar-refractivity contribution in [3.8, 4) is 0 Å². The molecule has 0 unspecified atom stereocenters. The topological polar surface area (TPSA) is 0 Å². The Morgan fingerprint density at radius 3 is 1.55 bits per heavy atom. The molecule has 100 valence electrons. The van der Waals surface area contributed by atoms with Gasteiger partial charge in [-0.05, 0) is 23.6 Å². The number of rotatable bonds is 2. The standard InChI is InChI=1S/C13H11Br.C6H6/c14-13-9-5-4-8-12(13)10-11-6-2-1-3-7-11;1-2-4-6-5-3-1/h1-9H,10H2;1-6H. The minimum absolute atomic E-state index is 0.988. The smallest absolute Gasteiger partial charge is 0.0210 e. The van der Waals surface area contributed by atoms with E-state index in [0.717, 1.165) is 6.42 Å². The van der Waals surface area contributed by atoms with Crippen LogP contribution in [0, 0.1) is 0 Å². The summed E-state index contributed by atoms with van der Waals surface area (Å²) in [5.41, 5.74) is 2.68. The first-order valence-electron chi connectivity index (χ1n) is 6.63. The Morgan fingerprint density at radius 2 is 1.00 bits per heavy atom. The van der Waals surface area contributed by atoms with E-state index in [0.29, 0.717) is 0 Å². The Balaban J connectivity index is 0.000000205. The molecule has 0 spiro atoms. The van der Waals surface area contributed by atoms with Crippen molar-refractivity contribution < 1.29 is 0 Å². The Labute approximate surface area is 129 Å². The number of hydrogen-bond donors (Lipinski definition) is 0. The summed E-state index contributed by atoms with van der Waals surface area (Å²) in [6.07, 6.45) is 0.988. The predicted molar refractivity (Wildman–Crippen MR) is 89.8 cm³/mol. The minimum atomic E-state index is 0.988. The Kier molecular flexibility index (Phi) is 6.07. The molecule has 1 heteroatoms. The van der Waals surface area contributed by atoms with E-state index < -0.39 is 0 Å². The SMILES string of the molecule is Brc1ccccc1Cc1ccccc1.c1ccccc1. The molecule has 0 heterocycles. The van der Waals surface area contributed by atoms with Gasteiger partial charge in [0.2, 0.25) is 0 Å². The summed E-state index contributed by atoms with van der Waals surface area (Å²) >= 11 is 3.55. The van der Waals surface area contributed by atoms with E-state index in [1.165, 1.54) is 15.6 Å². The van der Waals surface area contributed by atoms with Crippen LogP contribution in [0.15, 0.2) is 95.5 Å². The van der Waals surface area contributed by atoms with E-state index in [4.69, 9.17) is 0 Å². The second-order valence-corrected chi connectivity index (χ2v) is 5.26. The summed E-state index contributed by atoms with van der Waals surface area (Å²) < 4.78 is 1.18. The Bertz CT molecular complexity index is 576. The Hall–Kier alpha value is -1.86. The molecule has 0 atom stereocenters. The molecule has 0 saturated carbocycles. The fourth-order valence-electron chi connectivity index (χ4n) is 1.84. The van der Waals surface area contributed by atoms with E-state index >= 15 is 0 Å². The van der Waals surface area contributed by atoms with Crippen LogP contribution < -0.4 is 0 Å². The lowest BCUT2D eigenvalue weighted by Gasteiger charge is -2.03. The maximum Gasteiger partial charge on any atom is 0.0210 e. The van der Waals surface area contributed by atoms with E-state index in [2.05, 4.69) is 58.4 Å². The van der Waals surface area contributed by atoms with Gasteiger partial charge in [0.15, 0.2) is 0 Å². The summed E-state index contributed by atoms with van der Waals surface area (Å²) in [6, 6.07) is 30.8. The van der Waals surface area contributed by atoms with Crippen LogP contribution in [0.2, 0.25) is 0 Å². The number of hydrogen-bond acceptors (Lipinski definition) is 0. The zero-order chi connectivity index (χ0) is 14.0. The van der Waals surface area contributed by atoms with Crippen molar-refractivity contribution in [2.45, 2.75) is 6.42 Å². The molecule has 0 saturated heterocycles. The van der Waals surface area contributed by atoms with Gasteiger partial charge in [-0.15, -0.1) is 0 Å². The molecule has 0 fully saturated rings. The lowest BCUT2D eigenvalue weighted by Crippen LogP contribution is -1.88.